The van der Waals surface area contributed by atoms with Crippen LogP contribution in [-0.2, 0) is 0 Å². The summed E-state index contributed by atoms with van der Waals surface area (Å²) in [6.07, 6.45) is 0. The summed E-state index contributed by atoms with van der Waals surface area (Å²) < 4.78 is 4.94. The molecule has 0 bridgehead atoms. The van der Waals surface area contributed by atoms with Crippen molar-refractivity contribution in [3.8, 4) is 28.5 Å². The van der Waals surface area contributed by atoms with E-state index in [9.17, 15) is 5.26 Å². The lowest BCUT2D eigenvalue weighted by Crippen LogP contribution is -1.95. The maximum absolute atomic E-state index is 9.56. The fourth-order valence-electron chi connectivity index (χ4n) is 2.60. The average Bonchev–Trinajstić information content (AvgIpc) is 3.11. The zero-order valence-electron chi connectivity index (χ0n) is 12.0. The van der Waals surface area contributed by atoms with Gasteiger partial charge in [-0.05, 0) is 15.9 Å². The van der Waals surface area contributed by atoms with E-state index in [4.69, 9.17) is 4.63 Å². The van der Waals surface area contributed by atoms with Gasteiger partial charge in [0.15, 0.2) is 11.2 Å². The van der Waals surface area contributed by atoms with Gasteiger partial charge in [0, 0.05) is 11.1 Å². The number of nitriles is 1. The van der Waals surface area contributed by atoms with Gasteiger partial charge in [-0.25, -0.2) is 9.61 Å². The van der Waals surface area contributed by atoms with Gasteiger partial charge in [-0.15, -0.1) is 0 Å². The van der Waals surface area contributed by atoms with Crippen molar-refractivity contribution >= 4 is 11.0 Å². The maximum Gasteiger partial charge on any atom is 0.162 e. The highest BCUT2D eigenvalue weighted by Gasteiger charge is 2.20. The van der Waals surface area contributed by atoms with Crippen LogP contribution in [0, 0.1) is 11.3 Å². The second-order valence-electron chi connectivity index (χ2n) is 4.99. The van der Waals surface area contributed by atoms with Crippen molar-refractivity contribution in [1.29, 1.82) is 5.26 Å². The first-order valence-electron chi connectivity index (χ1n) is 7.05. The minimum absolute atomic E-state index is 0.304. The Morgan fingerprint density at radius 2 is 1.39 bits per heavy atom. The zero-order chi connectivity index (χ0) is 15.6. The van der Waals surface area contributed by atoms with E-state index in [0.29, 0.717) is 28.0 Å². The predicted molar refractivity (Wildman–Crippen MR) is 85.2 cm³/mol. The molecule has 5 heteroatoms. The van der Waals surface area contributed by atoms with Crippen molar-refractivity contribution in [1.82, 2.24) is 15.3 Å². The molecule has 5 nitrogen and oxygen atoms in total. The highest BCUT2D eigenvalue weighted by Crippen LogP contribution is 2.34. The van der Waals surface area contributed by atoms with E-state index in [0.717, 1.165) is 11.1 Å². The number of nitrogens with zero attached hydrogens (tertiary/aromatic N) is 4. The van der Waals surface area contributed by atoms with Gasteiger partial charge in [0.1, 0.15) is 17.3 Å². The van der Waals surface area contributed by atoms with Crippen molar-refractivity contribution in [2.75, 3.05) is 0 Å². The Balaban J connectivity index is 2.08. The average molecular weight is 298 g/mol. The van der Waals surface area contributed by atoms with Crippen LogP contribution in [0.2, 0.25) is 0 Å². The molecule has 0 amide bonds. The molecule has 0 radical (unpaired) electrons. The van der Waals surface area contributed by atoms with Crippen LogP contribution in [-0.4, -0.2) is 15.3 Å². The van der Waals surface area contributed by atoms with E-state index in [2.05, 4.69) is 21.4 Å². The van der Waals surface area contributed by atoms with Crippen LogP contribution in [0.1, 0.15) is 5.69 Å². The summed E-state index contributed by atoms with van der Waals surface area (Å²) in [4.78, 5) is 4.51. The van der Waals surface area contributed by atoms with Crippen molar-refractivity contribution in [2.45, 2.75) is 0 Å². The number of pyridine rings is 1. The molecule has 0 saturated carbocycles. The highest BCUT2D eigenvalue weighted by molar-refractivity contribution is 6.00. The standard InChI is InChI=1S/C18H10N4O/c19-11-14-15(12-7-3-1-4-8-12)17-18(22-23-21-17)16(20-14)13-9-5-2-6-10-13/h1-10H. The Labute approximate surface area is 131 Å². The van der Waals surface area contributed by atoms with Crippen LogP contribution in [0.25, 0.3) is 33.4 Å². The molecular formula is C18H10N4O. The third kappa shape index (κ3) is 2.14. The van der Waals surface area contributed by atoms with Crippen molar-refractivity contribution in [3.05, 3.63) is 66.4 Å². The molecule has 4 rings (SSSR count). The van der Waals surface area contributed by atoms with Gasteiger partial charge in [0.05, 0.1) is 0 Å². The molecule has 23 heavy (non-hydrogen) atoms. The van der Waals surface area contributed by atoms with E-state index in [1.807, 2.05) is 60.7 Å². The monoisotopic (exact) mass is 298 g/mol. The first-order chi connectivity index (χ1) is 11.4. The van der Waals surface area contributed by atoms with Crippen LogP contribution in [0.15, 0.2) is 65.3 Å². The quantitative estimate of drug-likeness (QED) is 0.562. The van der Waals surface area contributed by atoms with Gasteiger partial charge in [0.25, 0.3) is 0 Å². The molecule has 0 spiro atoms. The summed E-state index contributed by atoms with van der Waals surface area (Å²) in [7, 11) is 0. The van der Waals surface area contributed by atoms with E-state index in [1.54, 1.807) is 0 Å². The summed E-state index contributed by atoms with van der Waals surface area (Å²) in [5.74, 6) is 0. The Morgan fingerprint density at radius 3 is 2.04 bits per heavy atom. The molecule has 0 unspecified atom stereocenters. The summed E-state index contributed by atoms with van der Waals surface area (Å²) in [5.41, 5.74) is 4.36. The Kier molecular flexibility index (Phi) is 3.06. The van der Waals surface area contributed by atoms with Crippen LogP contribution in [0.3, 0.4) is 0 Å². The van der Waals surface area contributed by atoms with E-state index >= 15 is 0 Å². The first-order valence-corrected chi connectivity index (χ1v) is 7.05. The minimum Gasteiger partial charge on any atom is -0.243 e. The lowest BCUT2D eigenvalue weighted by atomic mass is 10.00. The number of aromatic nitrogens is 3. The second-order valence-corrected chi connectivity index (χ2v) is 4.99. The molecular weight excluding hydrogens is 288 g/mol. The first kappa shape index (κ1) is 13.2. The van der Waals surface area contributed by atoms with Crippen LogP contribution in [0.5, 0.6) is 0 Å². The van der Waals surface area contributed by atoms with Crippen molar-refractivity contribution in [3.63, 3.8) is 0 Å². The molecule has 0 saturated heterocycles. The molecule has 2 aromatic carbocycles. The SMILES string of the molecule is N#Cc1nc(-c2ccccc2)c2nonc2c1-c1ccccc1. The largest absolute Gasteiger partial charge is 0.243 e. The summed E-state index contributed by atoms with van der Waals surface area (Å²) in [6, 6.07) is 21.3. The second kappa shape index (κ2) is 5.35. The summed E-state index contributed by atoms with van der Waals surface area (Å²) in [6.45, 7) is 0. The molecule has 108 valence electrons. The fourth-order valence-corrected chi connectivity index (χ4v) is 2.60. The van der Waals surface area contributed by atoms with E-state index < -0.39 is 0 Å². The number of rotatable bonds is 2. The van der Waals surface area contributed by atoms with E-state index in [-0.39, 0.29) is 0 Å². The van der Waals surface area contributed by atoms with Gasteiger partial charge in [-0.1, -0.05) is 60.7 Å². The number of hydrogen-bond acceptors (Lipinski definition) is 5. The lowest BCUT2D eigenvalue weighted by molar-refractivity contribution is 0.315. The molecule has 0 atom stereocenters. The number of hydrogen-bond donors (Lipinski definition) is 0. The molecule has 4 aromatic rings. The third-order valence-corrected chi connectivity index (χ3v) is 3.63. The molecule has 0 aliphatic rings. The molecule has 0 fully saturated rings. The molecule has 2 heterocycles. The highest BCUT2D eigenvalue weighted by atomic mass is 16.6. The Bertz CT molecular complexity index is 1020. The van der Waals surface area contributed by atoms with Crippen LogP contribution in [0.4, 0.5) is 0 Å². The van der Waals surface area contributed by atoms with Gasteiger partial charge >= 0.3 is 0 Å². The van der Waals surface area contributed by atoms with Gasteiger partial charge in [0.2, 0.25) is 0 Å². The molecule has 2 aromatic heterocycles. The summed E-state index contributed by atoms with van der Waals surface area (Å²) >= 11 is 0. The normalized spacial score (nSPS) is 10.6. The maximum atomic E-state index is 9.56. The minimum atomic E-state index is 0.304. The topological polar surface area (TPSA) is 75.6 Å². The number of benzene rings is 2. The van der Waals surface area contributed by atoms with Crippen molar-refractivity contribution in [2.24, 2.45) is 0 Å². The predicted octanol–water partition coefficient (Wildman–Crippen LogP) is 3.82. The number of fused-ring (bicyclic) bond motifs is 1. The lowest BCUT2D eigenvalue weighted by Gasteiger charge is -2.07. The van der Waals surface area contributed by atoms with Gasteiger partial charge in [-0.2, -0.15) is 5.26 Å². The molecule has 0 aliphatic carbocycles. The van der Waals surface area contributed by atoms with Gasteiger partial charge in [-0.3, -0.25) is 0 Å². The summed E-state index contributed by atoms with van der Waals surface area (Å²) in [5, 5.41) is 17.6. The van der Waals surface area contributed by atoms with Crippen LogP contribution < -0.4 is 0 Å². The zero-order valence-corrected chi connectivity index (χ0v) is 12.0. The van der Waals surface area contributed by atoms with E-state index in [1.165, 1.54) is 0 Å². The van der Waals surface area contributed by atoms with Crippen LogP contribution >= 0.6 is 0 Å². The van der Waals surface area contributed by atoms with Crippen molar-refractivity contribution < 1.29 is 4.63 Å². The van der Waals surface area contributed by atoms with Gasteiger partial charge < -0.3 is 0 Å². The molecule has 0 N–H and O–H groups in total. The smallest absolute Gasteiger partial charge is 0.162 e. The Morgan fingerprint density at radius 1 is 0.783 bits per heavy atom. The third-order valence-electron chi connectivity index (χ3n) is 3.63. The fraction of sp³-hybridized carbons (Fsp3) is 0. The molecule has 0 aliphatic heterocycles. The Hall–Kier alpha value is -3.52.